The number of hydrogen-bond donors (Lipinski definition) is 2. The molecule has 3 nitrogen and oxygen atoms in total. The van der Waals surface area contributed by atoms with Crippen molar-refractivity contribution in [2.24, 2.45) is 5.84 Å². The number of hydrazine groups is 1. The van der Waals surface area contributed by atoms with Crippen molar-refractivity contribution in [1.29, 1.82) is 0 Å². The minimum absolute atomic E-state index is 0.0466. The third-order valence-electron chi connectivity index (χ3n) is 3.60. The van der Waals surface area contributed by atoms with Crippen LogP contribution >= 0.6 is 0 Å². The van der Waals surface area contributed by atoms with E-state index in [1.807, 2.05) is 0 Å². The van der Waals surface area contributed by atoms with Crippen LogP contribution in [0.4, 0.5) is 0 Å². The molecule has 0 saturated carbocycles. The second-order valence-electron chi connectivity index (χ2n) is 5.57. The molecule has 0 aliphatic carbocycles. The highest BCUT2D eigenvalue weighted by atomic mass is 15.3. The van der Waals surface area contributed by atoms with E-state index in [0.717, 1.165) is 0 Å². The fourth-order valence-electron chi connectivity index (χ4n) is 2.14. The molecule has 0 saturated heterocycles. The van der Waals surface area contributed by atoms with Crippen molar-refractivity contribution in [3.63, 3.8) is 0 Å². The van der Waals surface area contributed by atoms with E-state index >= 15 is 0 Å². The van der Waals surface area contributed by atoms with Crippen LogP contribution in [0, 0.1) is 13.8 Å². The van der Waals surface area contributed by atoms with E-state index in [1.165, 1.54) is 16.7 Å². The van der Waals surface area contributed by atoms with Crippen molar-refractivity contribution in [1.82, 2.24) is 10.3 Å². The zero-order valence-electron chi connectivity index (χ0n) is 11.8. The first-order valence-electron chi connectivity index (χ1n) is 6.00. The second-order valence-corrected chi connectivity index (χ2v) is 5.57. The average Bonchev–Trinajstić information content (AvgIpc) is 2.16. The Labute approximate surface area is 105 Å². The van der Waals surface area contributed by atoms with Gasteiger partial charge in [0, 0.05) is 5.54 Å². The summed E-state index contributed by atoms with van der Waals surface area (Å²) in [5, 5.41) is 0. The van der Waals surface area contributed by atoms with E-state index < -0.39 is 0 Å². The van der Waals surface area contributed by atoms with Crippen LogP contribution in [0.1, 0.15) is 36.6 Å². The summed E-state index contributed by atoms with van der Waals surface area (Å²) in [5.74, 6) is 5.75. The Morgan fingerprint density at radius 3 is 1.94 bits per heavy atom. The third kappa shape index (κ3) is 3.06. The van der Waals surface area contributed by atoms with Crippen LogP contribution in [-0.4, -0.2) is 24.5 Å². The maximum atomic E-state index is 5.75. The molecule has 0 heterocycles. The molecule has 0 radical (unpaired) electrons. The summed E-state index contributed by atoms with van der Waals surface area (Å²) < 4.78 is 0. The van der Waals surface area contributed by atoms with Crippen LogP contribution in [0.25, 0.3) is 0 Å². The Bertz CT molecular complexity index is 363. The SMILES string of the molecule is Cc1cc(C)cc(C(NN)C(C)(C)N(C)C)c1. The molecule has 1 unspecified atom stereocenters. The first-order chi connectivity index (χ1) is 7.78. The van der Waals surface area contributed by atoms with Gasteiger partial charge in [-0.1, -0.05) is 29.3 Å². The van der Waals surface area contributed by atoms with E-state index in [1.54, 1.807) is 0 Å². The lowest BCUT2D eigenvalue weighted by atomic mass is 9.86. The van der Waals surface area contributed by atoms with Crippen molar-refractivity contribution in [3.8, 4) is 0 Å². The molecule has 3 heteroatoms. The number of hydrogen-bond acceptors (Lipinski definition) is 3. The monoisotopic (exact) mass is 235 g/mol. The number of aryl methyl sites for hydroxylation is 2. The summed E-state index contributed by atoms with van der Waals surface area (Å²) in [4.78, 5) is 2.19. The molecule has 0 aliphatic heterocycles. The number of nitrogens with two attached hydrogens (primary N) is 1. The standard InChI is InChI=1S/C14H25N3/c1-10-7-11(2)9-12(8-10)13(16-15)14(3,4)17(5)6/h7-9,13,16H,15H2,1-6H3. The lowest BCUT2D eigenvalue weighted by Gasteiger charge is -2.40. The molecule has 1 aromatic carbocycles. The summed E-state index contributed by atoms with van der Waals surface area (Å²) in [5.41, 5.74) is 6.69. The minimum Gasteiger partial charge on any atom is -0.302 e. The van der Waals surface area contributed by atoms with Crippen molar-refractivity contribution >= 4 is 0 Å². The summed E-state index contributed by atoms with van der Waals surface area (Å²) in [6, 6.07) is 6.68. The highest BCUT2D eigenvalue weighted by molar-refractivity contribution is 5.32. The number of nitrogens with one attached hydrogen (secondary N) is 1. The van der Waals surface area contributed by atoms with Crippen LogP contribution < -0.4 is 11.3 Å². The fraction of sp³-hybridized carbons (Fsp3) is 0.571. The van der Waals surface area contributed by atoms with Crippen LogP contribution in [0.5, 0.6) is 0 Å². The molecule has 1 rings (SSSR count). The van der Waals surface area contributed by atoms with E-state index in [4.69, 9.17) is 5.84 Å². The lowest BCUT2D eigenvalue weighted by Crippen LogP contribution is -2.51. The first kappa shape index (κ1) is 14.2. The molecule has 0 aliphatic rings. The Morgan fingerprint density at radius 1 is 1.12 bits per heavy atom. The van der Waals surface area contributed by atoms with Crippen molar-refractivity contribution in [2.75, 3.05) is 14.1 Å². The van der Waals surface area contributed by atoms with Crippen molar-refractivity contribution in [2.45, 2.75) is 39.3 Å². The van der Waals surface area contributed by atoms with E-state index in [2.05, 4.69) is 70.3 Å². The number of rotatable bonds is 4. The molecule has 1 atom stereocenters. The summed E-state index contributed by atoms with van der Waals surface area (Å²) in [6.07, 6.45) is 0. The quantitative estimate of drug-likeness (QED) is 0.620. The maximum Gasteiger partial charge on any atom is 0.0638 e. The van der Waals surface area contributed by atoms with Gasteiger partial charge in [0.1, 0.15) is 0 Å². The molecule has 3 N–H and O–H groups in total. The molecule has 0 amide bonds. The lowest BCUT2D eigenvalue weighted by molar-refractivity contribution is 0.138. The van der Waals surface area contributed by atoms with Gasteiger partial charge in [0.25, 0.3) is 0 Å². The highest BCUT2D eigenvalue weighted by Crippen LogP contribution is 2.29. The molecule has 96 valence electrons. The molecule has 0 spiro atoms. The fourth-order valence-corrected chi connectivity index (χ4v) is 2.14. The Morgan fingerprint density at radius 2 is 1.59 bits per heavy atom. The van der Waals surface area contributed by atoms with Crippen LogP contribution in [-0.2, 0) is 0 Å². The van der Waals surface area contributed by atoms with Gasteiger partial charge in [-0.25, -0.2) is 0 Å². The average molecular weight is 235 g/mol. The highest BCUT2D eigenvalue weighted by Gasteiger charge is 2.32. The van der Waals surface area contributed by atoms with Gasteiger partial charge in [-0.3, -0.25) is 11.3 Å². The molecule has 0 aromatic heterocycles. The van der Waals surface area contributed by atoms with Crippen LogP contribution in [0.15, 0.2) is 18.2 Å². The Balaban J connectivity index is 3.18. The van der Waals surface area contributed by atoms with Gasteiger partial charge in [-0.05, 0) is 47.4 Å². The first-order valence-corrected chi connectivity index (χ1v) is 6.00. The van der Waals surface area contributed by atoms with Gasteiger partial charge in [-0.2, -0.15) is 0 Å². The predicted molar refractivity (Wildman–Crippen MR) is 73.7 cm³/mol. The van der Waals surface area contributed by atoms with E-state index in [0.29, 0.717) is 0 Å². The molecule has 0 fully saturated rings. The smallest absolute Gasteiger partial charge is 0.0638 e. The molecule has 17 heavy (non-hydrogen) atoms. The predicted octanol–water partition coefficient (Wildman–Crippen LogP) is 2.15. The number of nitrogens with zero attached hydrogens (tertiary/aromatic N) is 1. The Kier molecular flexibility index (Phi) is 4.31. The molecular weight excluding hydrogens is 210 g/mol. The Hall–Kier alpha value is -0.900. The number of likely N-dealkylation sites (N-methyl/N-ethyl adjacent to an activating group) is 1. The van der Waals surface area contributed by atoms with E-state index in [9.17, 15) is 0 Å². The largest absolute Gasteiger partial charge is 0.302 e. The van der Waals surface area contributed by atoms with Crippen LogP contribution in [0.2, 0.25) is 0 Å². The minimum atomic E-state index is -0.0466. The summed E-state index contributed by atoms with van der Waals surface area (Å²) in [7, 11) is 4.15. The van der Waals surface area contributed by atoms with Gasteiger partial charge < -0.3 is 4.90 Å². The van der Waals surface area contributed by atoms with Gasteiger partial charge >= 0.3 is 0 Å². The van der Waals surface area contributed by atoms with E-state index in [-0.39, 0.29) is 11.6 Å². The second kappa shape index (κ2) is 5.17. The number of benzene rings is 1. The van der Waals surface area contributed by atoms with Gasteiger partial charge in [0.15, 0.2) is 0 Å². The molecule has 1 aromatic rings. The van der Waals surface area contributed by atoms with Gasteiger partial charge in [0.2, 0.25) is 0 Å². The topological polar surface area (TPSA) is 41.3 Å². The molecule has 0 bridgehead atoms. The molecular formula is C14H25N3. The summed E-state index contributed by atoms with van der Waals surface area (Å²) >= 11 is 0. The van der Waals surface area contributed by atoms with Crippen molar-refractivity contribution in [3.05, 3.63) is 34.9 Å². The maximum absolute atomic E-state index is 5.75. The van der Waals surface area contributed by atoms with Gasteiger partial charge in [-0.15, -0.1) is 0 Å². The zero-order valence-corrected chi connectivity index (χ0v) is 11.8. The van der Waals surface area contributed by atoms with Gasteiger partial charge in [0.05, 0.1) is 6.04 Å². The van der Waals surface area contributed by atoms with Crippen molar-refractivity contribution < 1.29 is 0 Å². The zero-order chi connectivity index (χ0) is 13.2. The summed E-state index contributed by atoms with van der Waals surface area (Å²) in [6.45, 7) is 8.61. The third-order valence-corrected chi connectivity index (χ3v) is 3.60. The van der Waals surface area contributed by atoms with Crippen LogP contribution in [0.3, 0.4) is 0 Å². The normalized spacial score (nSPS) is 14.1.